The second kappa shape index (κ2) is 9.11. The second-order valence-electron chi connectivity index (χ2n) is 8.04. The van der Waals surface area contributed by atoms with Crippen LogP contribution in [0.5, 0.6) is 5.75 Å². The third-order valence-corrected chi connectivity index (χ3v) is 7.87. The van der Waals surface area contributed by atoms with Crippen LogP contribution in [0.2, 0.25) is 0 Å². The Labute approximate surface area is 189 Å². The molecule has 3 aromatic rings. The van der Waals surface area contributed by atoms with E-state index >= 15 is 0 Å². The monoisotopic (exact) mass is 479 g/mol. The first-order valence-electron chi connectivity index (χ1n) is 10.3. The van der Waals surface area contributed by atoms with Gasteiger partial charge in [0.1, 0.15) is 22.6 Å². The van der Waals surface area contributed by atoms with Gasteiger partial charge in [-0.05, 0) is 31.7 Å². The molecule has 32 heavy (non-hydrogen) atoms. The fourth-order valence-corrected chi connectivity index (χ4v) is 5.97. The summed E-state index contributed by atoms with van der Waals surface area (Å²) in [4.78, 5) is 2.89. The first-order chi connectivity index (χ1) is 15.3. The summed E-state index contributed by atoms with van der Waals surface area (Å²) in [6.45, 7) is 1.91. The average Bonchev–Trinajstić information content (AvgIpc) is 3.18. The summed E-state index contributed by atoms with van der Waals surface area (Å²) in [6.07, 6.45) is 5.65. The molecule has 0 spiro atoms. The van der Waals surface area contributed by atoms with Crippen molar-refractivity contribution in [2.24, 2.45) is 0 Å². The number of ether oxygens (including phenoxy) is 1. The van der Waals surface area contributed by atoms with Crippen molar-refractivity contribution in [3.05, 3.63) is 66.0 Å². The van der Waals surface area contributed by atoms with Gasteiger partial charge in [-0.2, -0.15) is 4.37 Å². The maximum atomic E-state index is 15.0. The molecule has 2 aromatic carbocycles. The van der Waals surface area contributed by atoms with Crippen LogP contribution in [0.4, 0.5) is 13.9 Å². The number of anilines is 1. The van der Waals surface area contributed by atoms with E-state index in [4.69, 9.17) is 4.74 Å². The van der Waals surface area contributed by atoms with Gasteiger partial charge in [0.2, 0.25) is 5.13 Å². The van der Waals surface area contributed by atoms with Crippen molar-refractivity contribution < 1.29 is 21.9 Å². The lowest BCUT2D eigenvalue weighted by Crippen LogP contribution is -2.39. The molecule has 0 amide bonds. The fraction of sp³-hybridized carbons (Fsp3) is 0.364. The van der Waals surface area contributed by atoms with Gasteiger partial charge in [-0.25, -0.2) is 22.2 Å². The molecule has 1 saturated carbocycles. The molecule has 4 rings (SSSR count). The van der Waals surface area contributed by atoms with Crippen LogP contribution >= 0.6 is 11.5 Å². The first kappa shape index (κ1) is 22.6. The maximum Gasteiger partial charge on any atom is 0.266 e. The van der Waals surface area contributed by atoms with Crippen molar-refractivity contribution >= 4 is 26.7 Å². The molecule has 1 aliphatic rings. The molecular formula is C22H23F2N3O3S2. The molecule has 1 aliphatic carbocycles. The van der Waals surface area contributed by atoms with Gasteiger partial charge in [0, 0.05) is 29.6 Å². The molecule has 0 radical (unpaired) electrons. The number of hydrogen-bond donors (Lipinski definition) is 1. The summed E-state index contributed by atoms with van der Waals surface area (Å²) in [5, 5.41) is -0.0400. The third-order valence-electron chi connectivity index (χ3n) is 5.81. The number of rotatable bonds is 6. The topological polar surface area (TPSA) is 81.2 Å². The highest BCUT2D eigenvalue weighted by atomic mass is 32.2. The molecule has 0 unspecified atom stereocenters. The van der Waals surface area contributed by atoms with Crippen molar-refractivity contribution in [2.75, 3.05) is 4.72 Å². The van der Waals surface area contributed by atoms with Crippen LogP contribution in [0, 0.1) is 11.6 Å². The summed E-state index contributed by atoms with van der Waals surface area (Å²) in [5.74, 6) is -2.35. The lowest BCUT2D eigenvalue weighted by molar-refractivity contribution is 0.0462. The molecule has 10 heteroatoms. The molecule has 170 valence electrons. The first-order valence-corrected chi connectivity index (χ1v) is 12.6. The zero-order chi connectivity index (χ0) is 22.8. The maximum absolute atomic E-state index is 15.0. The van der Waals surface area contributed by atoms with E-state index in [1.54, 1.807) is 0 Å². The Bertz CT molecular complexity index is 1170. The standard InChI is InChI=1S/C22H23F2N3O3S2/c1-22(11-7-3-6-10-16(22)15-8-4-2-5-9-15)30-19-12-18(24)20(13-17(19)23)32(28,29)27-21-25-14-26-31-21/h2,4-5,8-9,12-14,16H,3,6-7,10-11H2,1H3,(H,25,26,27)/t16-,22-/m1/s1. The molecular weight excluding hydrogens is 456 g/mol. The zero-order valence-corrected chi connectivity index (χ0v) is 19.1. The number of nitrogens with one attached hydrogen (secondary N) is 1. The van der Waals surface area contributed by atoms with Gasteiger partial charge in [-0.3, -0.25) is 4.72 Å². The van der Waals surface area contributed by atoms with Crippen molar-refractivity contribution in [2.45, 2.75) is 55.4 Å². The number of hydrogen-bond acceptors (Lipinski definition) is 6. The number of sulfonamides is 1. The predicted molar refractivity (Wildman–Crippen MR) is 118 cm³/mol. The minimum absolute atomic E-state index is 0.00357. The van der Waals surface area contributed by atoms with Crippen molar-refractivity contribution in [1.29, 1.82) is 0 Å². The normalized spacial score (nSPS) is 21.7. The van der Waals surface area contributed by atoms with Crippen LogP contribution in [-0.4, -0.2) is 23.4 Å². The molecule has 1 heterocycles. The molecule has 0 aliphatic heterocycles. The zero-order valence-electron chi connectivity index (χ0n) is 17.4. The SMILES string of the molecule is C[C@@]1(Oc2cc(F)c(S(=O)(=O)Nc3ncns3)cc2F)CCCCC[C@@H]1c1ccccc1. The lowest BCUT2D eigenvalue weighted by Gasteiger charge is -2.37. The largest absolute Gasteiger partial charge is 0.484 e. The Morgan fingerprint density at radius 3 is 2.62 bits per heavy atom. The Balaban J connectivity index is 1.65. The lowest BCUT2D eigenvalue weighted by atomic mass is 9.79. The van der Waals surface area contributed by atoms with Crippen LogP contribution in [0.25, 0.3) is 0 Å². The summed E-state index contributed by atoms with van der Waals surface area (Å²) in [6, 6.07) is 11.3. The summed E-state index contributed by atoms with van der Waals surface area (Å²) in [7, 11) is -4.37. The molecule has 0 bridgehead atoms. The number of benzene rings is 2. The van der Waals surface area contributed by atoms with Crippen molar-refractivity contribution in [3.8, 4) is 5.75 Å². The van der Waals surface area contributed by atoms with E-state index in [0.29, 0.717) is 12.5 Å². The molecule has 1 fully saturated rings. The van der Waals surface area contributed by atoms with Gasteiger partial charge in [0.25, 0.3) is 10.0 Å². The Hall–Kier alpha value is -2.59. The van der Waals surface area contributed by atoms with E-state index in [1.807, 2.05) is 37.3 Å². The van der Waals surface area contributed by atoms with Gasteiger partial charge in [0.05, 0.1) is 0 Å². The van der Waals surface area contributed by atoms with E-state index in [-0.39, 0.29) is 16.8 Å². The summed E-state index contributed by atoms with van der Waals surface area (Å²) < 4.78 is 66.7. The second-order valence-corrected chi connectivity index (χ2v) is 10.5. The highest BCUT2D eigenvalue weighted by Gasteiger charge is 2.39. The van der Waals surface area contributed by atoms with E-state index in [2.05, 4.69) is 14.1 Å². The van der Waals surface area contributed by atoms with Crippen molar-refractivity contribution in [1.82, 2.24) is 9.36 Å². The van der Waals surface area contributed by atoms with Gasteiger partial charge in [0.15, 0.2) is 11.6 Å². The van der Waals surface area contributed by atoms with E-state index < -0.39 is 32.2 Å². The van der Waals surface area contributed by atoms with Crippen molar-refractivity contribution in [3.63, 3.8) is 0 Å². The summed E-state index contributed by atoms with van der Waals surface area (Å²) >= 11 is 0.788. The fourth-order valence-electron chi connectivity index (χ4n) is 4.24. The van der Waals surface area contributed by atoms with Crippen LogP contribution in [0.3, 0.4) is 0 Å². The smallest absolute Gasteiger partial charge is 0.266 e. The Kier molecular flexibility index (Phi) is 6.43. The Morgan fingerprint density at radius 1 is 1.12 bits per heavy atom. The van der Waals surface area contributed by atoms with E-state index in [0.717, 1.165) is 55.2 Å². The molecule has 6 nitrogen and oxygen atoms in total. The predicted octanol–water partition coefficient (Wildman–Crippen LogP) is 5.50. The molecule has 2 atom stereocenters. The Morgan fingerprint density at radius 2 is 1.91 bits per heavy atom. The highest BCUT2D eigenvalue weighted by Crippen LogP contribution is 2.43. The van der Waals surface area contributed by atoms with Crippen LogP contribution in [-0.2, 0) is 10.0 Å². The van der Waals surface area contributed by atoms with Crippen LogP contribution < -0.4 is 9.46 Å². The van der Waals surface area contributed by atoms with Crippen LogP contribution in [0.15, 0.2) is 53.7 Å². The molecule has 1 N–H and O–H groups in total. The van der Waals surface area contributed by atoms with Gasteiger partial charge in [-0.1, -0.05) is 43.2 Å². The number of nitrogens with zero attached hydrogens (tertiary/aromatic N) is 2. The van der Waals surface area contributed by atoms with Gasteiger partial charge < -0.3 is 4.74 Å². The number of halogens is 2. The number of aromatic nitrogens is 2. The van der Waals surface area contributed by atoms with Gasteiger partial charge in [-0.15, -0.1) is 0 Å². The quantitative estimate of drug-likeness (QED) is 0.472. The highest BCUT2D eigenvalue weighted by molar-refractivity contribution is 7.93. The minimum Gasteiger partial charge on any atom is -0.484 e. The van der Waals surface area contributed by atoms with Crippen LogP contribution in [0.1, 0.15) is 50.5 Å². The van der Waals surface area contributed by atoms with E-state index in [9.17, 15) is 17.2 Å². The average molecular weight is 480 g/mol. The minimum atomic E-state index is -4.37. The van der Waals surface area contributed by atoms with E-state index in [1.165, 1.54) is 0 Å². The van der Waals surface area contributed by atoms with Gasteiger partial charge >= 0.3 is 0 Å². The molecule has 1 aromatic heterocycles. The molecule has 0 saturated heterocycles. The summed E-state index contributed by atoms with van der Waals surface area (Å²) in [5.41, 5.74) is 0.314. The third kappa shape index (κ3) is 4.75.